The van der Waals surface area contributed by atoms with Gasteiger partial charge in [-0.05, 0) is 31.7 Å². The second-order valence-electron chi connectivity index (χ2n) is 5.14. The fraction of sp³-hybridized carbons (Fsp3) is 0.533. The lowest BCUT2D eigenvalue weighted by Gasteiger charge is -2.19. The summed E-state index contributed by atoms with van der Waals surface area (Å²) in [5.41, 5.74) is 7.47. The highest BCUT2D eigenvalue weighted by molar-refractivity contribution is 5.79. The van der Waals surface area contributed by atoms with Crippen LogP contribution in [0.1, 0.15) is 37.3 Å². The highest BCUT2D eigenvalue weighted by Crippen LogP contribution is 2.27. The van der Waals surface area contributed by atoms with Crippen LogP contribution in [-0.2, 0) is 11.3 Å². The van der Waals surface area contributed by atoms with Gasteiger partial charge in [0, 0.05) is 18.2 Å². The van der Waals surface area contributed by atoms with E-state index >= 15 is 0 Å². The molecule has 1 fully saturated rings. The smallest absolute Gasteiger partial charge is 0.258 e. The minimum atomic E-state index is -0.555. The van der Waals surface area contributed by atoms with E-state index in [9.17, 15) is 4.79 Å². The number of hydrogen-bond donors (Lipinski definition) is 2. The molecule has 1 unspecified atom stereocenters. The molecule has 1 amide bonds. The van der Waals surface area contributed by atoms with Crippen molar-refractivity contribution in [2.24, 2.45) is 5.73 Å². The second kappa shape index (κ2) is 6.06. The molecule has 1 aromatic rings. The van der Waals surface area contributed by atoms with Crippen LogP contribution in [0.3, 0.4) is 0 Å². The first kappa shape index (κ1) is 13.9. The summed E-state index contributed by atoms with van der Waals surface area (Å²) in [6.45, 7) is 4.66. The first-order valence-electron chi connectivity index (χ1n) is 6.89. The minimum Gasteiger partial charge on any atom is -0.480 e. The van der Waals surface area contributed by atoms with Crippen LogP contribution >= 0.6 is 0 Å². The van der Waals surface area contributed by atoms with Crippen molar-refractivity contribution >= 4 is 5.91 Å². The van der Waals surface area contributed by atoms with Crippen LogP contribution < -0.4 is 15.8 Å². The number of rotatable bonds is 7. The Kier molecular flexibility index (Phi) is 4.43. The van der Waals surface area contributed by atoms with Gasteiger partial charge < -0.3 is 15.8 Å². The Hall–Kier alpha value is -1.55. The lowest BCUT2D eigenvalue weighted by molar-refractivity contribution is -0.124. The molecule has 2 rings (SSSR count). The number of nitrogens with one attached hydrogen (secondary N) is 1. The topological polar surface area (TPSA) is 64.3 Å². The monoisotopic (exact) mass is 262 g/mol. The van der Waals surface area contributed by atoms with E-state index in [0.29, 0.717) is 12.5 Å². The van der Waals surface area contributed by atoms with Crippen molar-refractivity contribution in [2.75, 3.05) is 0 Å². The molecule has 0 heterocycles. The van der Waals surface area contributed by atoms with Crippen LogP contribution in [-0.4, -0.2) is 18.1 Å². The van der Waals surface area contributed by atoms with Gasteiger partial charge in [0.25, 0.3) is 5.91 Å². The molecule has 0 bridgehead atoms. The van der Waals surface area contributed by atoms with Gasteiger partial charge in [0.05, 0.1) is 0 Å². The Bertz CT molecular complexity index is 455. The van der Waals surface area contributed by atoms with Crippen molar-refractivity contribution in [1.82, 2.24) is 5.32 Å². The number of aryl methyl sites for hydroxylation is 1. The molecule has 1 saturated carbocycles. The van der Waals surface area contributed by atoms with Gasteiger partial charge in [-0.2, -0.15) is 0 Å². The van der Waals surface area contributed by atoms with Crippen molar-refractivity contribution in [1.29, 1.82) is 0 Å². The minimum absolute atomic E-state index is 0.410. The van der Waals surface area contributed by atoms with Gasteiger partial charge in [0.15, 0.2) is 6.10 Å². The summed E-state index contributed by atoms with van der Waals surface area (Å²) < 4.78 is 5.83. The van der Waals surface area contributed by atoms with E-state index in [1.54, 1.807) is 0 Å². The Morgan fingerprint density at radius 2 is 2.26 bits per heavy atom. The van der Waals surface area contributed by atoms with Gasteiger partial charge in [-0.1, -0.05) is 25.1 Å². The Balaban J connectivity index is 2.13. The van der Waals surface area contributed by atoms with E-state index in [1.807, 2.05) is 32.0 Å². The molecule has 1 atom stereocenters. The van der Waals surface area contributed by atoms with E-state index in [4.69, 9.17) is 10.5 Å². The maximum absolute atomic E-state index is 11.3. The van der Waals surface area contributed by atoms with Crippen molar-refractivity contribution < 1.29 is 9.53 Å². The molecule has 4 heteroatoms. The summed E-state index contributed by atoms with van der Waals surface area (Å²) in [4.78, 5) is 11.3. The summed E-state index contributed by atoms with van der Waals surface area (Å²) in [6, 6.07) is 6.68. The molecule has 1 aromatic carbocycles. The quantitative estimate of drug-likeness (QED) is 0.788. The number of benzene rings is 1. The Morgan fingerprint density at radius 1 is 1.53 bits per heavy atom. The van der Waals surface area contributed by atoms with Gasteiger partial charge in [0.2, 0.25) is 0 Å². The first-order chi connectivity index (χ1) is 9.11. The van der Waals surface area contributed by atoms with Gasteiger partial charge in [0.1, 0.15) is 5.75 Å². The molecule has 19 heavy (non-hydrogen) atoms. The zero-order valence-corrected chi connectivity index (χ0v) is 11.6. The first-order valence-corrected chi connectivity index (χ1v) is 6.89. The molecule has 0 aromatic heterocycles. The molecule has 1 aliphatic carbocycles. The highest BCUT2D eigenvalue weighted by Gasteiger charge is 2.22. The van der Waals surface area contributed by atoms with Crippen molar-refractivity contribution in [3.05, 3.63) is 29.3 Å². The lowest BCUT2D eigenvalue weighted by Crippen LogP contribution is -2.33. The van der Waals surface area contributed by atoms with Crippen LogP contribution in [0.15, 0.2) is 18.2 Å². The van der Waals surface area contributed by atoms with Crippen molar-refractivity contribution in [3.8, 4) is 5.75 Å². The van der Waals surface area contributed by atoms with Gasteiger partial charge in [-0.15, -0.1) is 0 Å². The number of ether oxygens (including phenoxy) is 1. The summed E-state index contributed by atoms with van der Waals surface area (Å²) in [7, 11) is 0. The average Bonchev–Trinajstić information content (AvgIpc) is 3.19. The number of primary amides is 1. The maximum atomic E-state index is 11.3. The summed E-state index contributed by atoms with van der Waals surface area (Å²) in [5, 5.41) is 3.46. The molecular weight excluding hydrogens is 240 g/mol. The molecule has 104 valence electrons. The largest absolute Gasteiger partial charge is 0.480 e. The second-order valence-corrected chi connectivity index (χ2v) is 5.14. The number of para-hydroxylation sites is 1. The molecule has 0 saturated heterocycles. The van der Waals surface area contributed by atoms with Crippen LogP contribution in [0.5, 0.6) is 5.75 Å². The number of nitrogens with two attached hydrogens (primary N) is 1. The van der Waals surface area contributed by atoms with Gasteiger partial charge in [-0.25, -0.2) is 0 Å². The van der Waals surface area contributed by atoms with E-state index in [2.05, 4.69) is 5.32 Å². The SMILES string of the molecule is CCC(Oc1c(C)cccc1CNC1CC1)C(N)=O. The lowest BCUT2D eigenvalue weighted by atomic mass is 10.1. The summed E-state index contributed by atoms with van der Waals surface area (Å²) >= 11 is 0. The average molecular weight is 262 g/mol. The maximum Gasteiger partial charge on any atom is 0.258 e. The molecule has 1 aliphatic rings. The molecule has 0 radical (unpaired) electrons. The molecule has 3 N–H and O–H groups in total. The third-order valence-corrected chi connectivity index (χ3v) is 3.40. The molecule has 0 aliphatic heterocycles. The van der Waals surface area contributed by atoms with Crippen LogP contribution in [0.2, 0.25) is 0 Å². The van der Waals surface area contributed by atoms with Crippen LogP contribution in [0, 0.1) is 6.92 Å². The van der Waals surface area contributed by atoms with E-state index in [0.717, 1.165) is 23.4 Å². The van der Waals surface area contributed by atoms with E-state index < -0.39 is 12.0 Å². The van der Waals surface area contributed by atoms with E-state index in [-0.39, 0.29) is 0 Å². The van der Waals surface area contributed by atoms with Gasteiger partial charge in [-0.3, -0.25) is 4.79 Å². The predicted molar refractivity (Wildman–Crippen MR) is 74.9 cm³/mol. The number of amides is 1. The highest BCUT2D eigenvalue weighted by atomic mass is 16.5. The third kappa shape index (κ3) is 3.70. The van der Waals surface area contributed by atoms with Gasteiger partial charge >= 0.3 is 0 Å². The van der Waals surface area contributed by atoms with Crippen molar-refractivity contribution in [2.45, 2.75) is 51.8 Å². The normalized spacial score (nSPS) is 16.1. The summed E-state index contributed by atoms with van der Waals surface area (Å²) in [5.74, 6) is 0.383. The van der Waals surface area contributed by atoms with E-state index in [1.165, 1.54) is 12.8 Å². The zero-order valence-electron chi connectivity index (χ0n) is 11.6. The number of carbonyl (C=O) groups is 1. The Morgan fingerprint density at radius 3 is 2.84 bits per heavy atom. The standard InChI is InChI=1S/C15H22N2O2/c1-3-13(15(16)18)19-14-10(2)5-4-6-11(14)9-17-12-7-8-12/h4-6,12-13,17H,3,7-9H2,1-2H3,(H2,16,18). The molecule has 4 nitrogen and oxygen atoms in total. The molecule has 0 spiro atoms. The third-order valence-electron chi connectivity index (χ3n) is 3.40. The number of carbonyl (C=O) groups excluding carboxylic acids is 1. The van der Waals surface area contributed by atoms with Crippen LogP contribution in [0.25, 0.3) is 0 Å². The van der Waals surface area contributed by atoms with Crippen molar-refractivity contribution in [3.63, 3.8) is 0 Å². The van der Waals surface area contributed by atoms with Crippen LogP contribution in [0.4, 0.5) is 0 Å². The summed E-state index contributed by atoms with van der Waals surface area (Å²) in [6.07, 6.45) is 2.53. The molecular formula is C15H22N2O2. The predicted octanol–water partition coefficient (Wildman–Crippen LogP) is 1.89. The Labute approximate surface area is 114 Å². The fourth-order valence-electron chi connectivity index (χ4n) is 2.05. The zero-order chi connectivity index (χ0) is 13.8. The fourth-order valence-corrected chi connectivity index (χ4v) is 2.05. The number of hydrogen-bond acceptors (Lipinski definition) is 3.